The molecule has 158 valence electrons. The van der Waals surface area contributed by atoms with Crippen LogP contribution in [0.4, 0.5) is 0 Å². The third kappa shape index (κ3) is 5.19. The highest BCUT2D eigenvalue weighted by Crippen LogP contribution is 2.23. The average Bonchev–Trinajstić information content (AvgIpc) is 3.38. The average molecular weight is 447 g/mol. The van der Waals surface area contributed by atoms with Crippen molar-refractivity contribution in [2.45, 2.75) is 25.5 Å². The van der Waals surface area contributed by atoms with Gasteiger partial charge in [-0.15, -0.1) is 12.4 Å². The van der Waals surface area contributed by atoms with Crippen molar-refractivity contribution in [3.63, 3.8) is 0 Å². The minimum atomic E-state index is -0.123. The van der Waals surface area contributed by atoms with Crippen molar-refractivity contribution in [1.29, 1.82) is 0 Å². The molecule has 3 heterocycles. The topological polar surface area (TPSA) is 60.2 Å². The molecule has 0 bridgehead atoms. The van der Waals surface area contributed by atoms with E-state index in [0.29, 0.717) is 23.8 Å². The van der Waals surface area contributed by atoms with Gasteiger partial charge in [-0.05, 0) is 48.7 Å². The van der Waals surface area contributed by atoms with Crippen molar-refractivity contribution < 1.29 is 9.53 Å². The third-order valence-electron chi connectivity index (χ3n) is 5.05. The molecule has 0 N–H and O–H groups in total. The molecule has 3 aromatic rings. The zero-order valence-corrected chi connectivity index (χ0v) is 18.3. The molecule has 1 saturated heterocycles. The number of hydrogen-bond donors (Lipinski definition) is 0. The second-order valence-electron chi connectivity index (χ2n) is 7.19. The standard InChI is InChI=1S/C22H23ClN4O2.ClH/c1-26-21(16-7-9-17(23)10-8-16)13-20(25-26)22(28)27(15-19-6-4-12-29-19)14-18-5-2-3-11-24-18;/h2-3,5,7-11,13,19H,4,6,12,14-15H2,1H3;1H. The Morgan fingerprint density at radius 3 is 2.73 bits per heavy atom. The number of ether oxygens (including phenoxy) is 1. The first kappa shape index (κ1) is 22.3. The molecule has 1 unspecified atom stereocenters. The molecule has 0 aliphatic carbocycles. The van der Waals surface area contributed by atoms with E-state index in [9.17, 15) is 4.79 Å². The van der Waals surface area contributed by atoms with Crippen molar-refractivity contribution in [3.05, 3.63) is 71.1 Å². The van der Waals surface area contributed by atoms with E-state index < -0.39 is 0 Å². The molecule has 6 nitrogen and oxygen atoms in total. The van der Waals surface area contributed by atoms with E-state index in [-0.39, 0.29) is 24.4 Å². The van der Waals surface area contributed by atoms with Crippen molar-refractivity contribution in [2.24, 2.45) is 7.05 Å². The van der Waals surface area contributed by atoms with Crippen LogP contribution in [-0.4, -0.2) is 44.8 Å². The van der Waals surface area contributed by atoms with Gasteiger partial charge in [-0.2, -0.15) is 5.10 Å². The van der Waals surface area contributed by atoms with E-state index in [1.54, 1.807) is 15.8 Å². The minimum absolute atomic E-state index is 0. The smallest absolute Gasteiger partial charge is 0.274 e. The van der Waals surface area contributed by atoms with E-state index in [4.69, 9.17) is 16.3 Å². The highest BCUT2D eigenvalue weighted by molar-refractivity contribution is 6.30. The molecule has 30 heavy (non-hydrogen) atoms. The predicted octanol–water partition coefficient (Wildman–Crippen LogP) is 4.38. The number of nitrogens with zero attached hydrogens (tertiary/aromatic N) is 4. The summed E-state index contributed by atoms with van der Waals surface area (Å²) in [7, 11) is 1.84. The quantitative estimate of drug-likeness (QED) is 0.563. The van der Waals surface area contributed by atoms with Crippen molar-refractivity contribution >= 4 is 29.9 Å². The number of hydrogen-bond acceptors (Lipinski definition) is 4. The van der Waals surface area contributed by atoms with E-state index in [0.717, 1.165) is 36.4 Å². The van der Waals surface area contributed by atoms with Gasteiger partial charge in [-0.25, -0.2) is 0 Å². The van der Waals surface area contributed by atoms with Crippen LogP contribution in [0.5, 0.6) is 0 Å². The number of halogens is 2. The molecular weight excluding hydrogens is 423 g/mol. The van der Waals surface area contributed by atoms with E-state index in [1.165, 1.54) is 0 Å². The van der Waals surface area contributed by atoms with Gasteiger partial charge in [0.05, 0.1) is 24.0 Å². The molecule has 8 heteroatoms. The number of carbonyl (C=O) groups is 1. The molecule has 0 spiro atoms. The first-order chi connectivity index (χ1) is 14.1. The molecule has 1 aromatic carbocycles. The summed E-state index contributed by atoms with van der Waals surface area (Å²) in [6.45, 7) is 1.70. The summed E-state index contributed by atoms with van der Waals surface area (Å²) in [6, 6.07) is 15.0. The Bertz CT molecular complexity index is 971. The number of rotatable bonds is 6. The van der Waals surface area contributed by atoms with Gasteiger partial charge in [0, 0.05) is 31.4 Å². The van der Waals surface area contributed by atoms with Crippen LogP contribution in [0.15, 0.2) is 54.7 Å². The van der Waals surface area contributed by atoms with Crippen LogP contribution in [-0.2, 0) is 18.3 Å². The number of carbonyl (C=O) groups excluding carboxylic acids is 1. The van der Waals surface area contributed by atoms with Crippen LogP contribution < -0.4 is 0 Å². The first-order valence-corrected chi connectivity index (χ1v) is 10.1. The third-order valence-corrected chi connectivity index (χ3v) is 5.31. The fourth-order valence-corrected chi connectivity index (χ4v) is 3.69. The monoisotopic (exact) mass is 446 g/mol. The number of benzene rings is 1. The normalized spacial score (nSPS) is 15.6. The molecule has 1 aliphatic rings. The lowest BCUT2D eigenvalue weighted by Gasteiger charge is -2.24. The molecule has 1 fully saturated rings. The zero-order valence-electron chi connectivity index (χ0n) is 16.7. The molecule has 1 amide bonds. The summed E-state index contributed by atoms with van der Waals surface area (Å²) in [5.74, 6) is -0.123. The van der Waals surface area contributed by atoms with Gasteiger partial charge in [0.2, 0.25) is 0 Å². The van der Waals surface area contributed by atoms with E-state index in [2.05, 4.69) is 10.1 Å². The fourth-order valence-electron chi connectivity index (χ4n) is 3.57. The summed E-state index contributed by atoms with van der Waals surface area (Å²) < 4.78 is 7.49. The molecular formula is C22H24Cl2N4O2. The number of aromatic nitrogens is 3. The molecule has 0 saturated carbocycles. The second kappa shape index (κ2) is 10.1. The Morgan fingerprint density at radius 2 is 2.07 bits per heavy atom. The van der Waals surface area contributed by atoms with Crippen molar-refractivity contribution in [3.8, 4) is 11.3 Å². The minimum Gasteiger partial charge on any atom is -0.376 e. The van der Waals surface area contributed by atoms with Crippen LogP contribution >= 0.6 is 24.0 Å². The van der Waals surface area contributed by atoms with E-state index >= 15 is 0 Å². The molecule has 4 rings (SSSR count). The maximum atomic E-state index is 13.3. The summed E-state index contributed by atoms with van der Waals surface area (Å²) in [5, 5.41) is 5.15. The molecule has 0 radical (unpaired) electrons. The highest BCUT2D eigenvalue weighted by Gasteiger charge is 2.26. The molecule has 2 aromatic heterocycles. The Hall–Kier alpha value is -2.41. The van der Waals surface area contributed by atoms with Gasteiger partial charge >= 0.3 is 0 Å². The second-order valence-corrected chi connectivity index (χ2v) is 7.62. The maximum Gasteiger partial charge on any atom is 0.274 e. The van der Waals surface area contributed by atoms with Crippen LogP contribution in [0.1, 0.15) is 29.0 Å². The Balaban J connectivity index is 0.00000256. The van der Waals surface area contributed by atoms with Crippen molar-refractivity contribution in [1.82, 2.24) is 19.7 Å². The van der Waals surface area contributed by atoms with Crippen molar-refractivity contribution in [2.75, 3.05) is 13.2 Å². The summed E-state index contributed by atoms with van der Waals surface area (Å²) in [4.78, 5) is 19.5. The van der Waals surface area contributed by atoms with Crippen LogP contribution in [0.2, 0.25) is 5.02 Å². The first-order valence-electron chi connectivity index (χ1n) is 9.71. The number of amides is 1. The van der Waals surface area contributed by atoms with Gasteiger partial charge in [0.1, 0.15) is 0 Å². The lowest BCUT2D eigenvalue weighted by Crippen LogP contribution is -2.37. The summed E-state index contributed by atoms with van der Waals surface area (Å²) in [5.41, 5.74) is 3.07. The summed E-state index contributed by atoms with van der Waals surface area (Å²) >= 11 is 5.99. The fraction of sp³-hybridized carbons (Fsp3) is 0.318. The van der Waals surface area contributed by atoms with Crippen LogP contribution in [0.25, 0.3) is 11.3 Å². The Labute approximate surface area is 187 Å². The largest absolute Gasteiger partial charge is 0.376 e. The lowest BCUT2D eigenvalue weighted by atomic mass is 10.1. The maximum absolute atomic E-state index is 13.3. The van der Waals surface area contributed by atoms with Gasteiger partial charge in [-0.1, -0.05) is 29.8 Å². The van der Waals surface area contributed by atoms with E-state index in [1.807, 2.05) is 55.6 Å². The van der Waals surface area contributed by atoms with Gasteiger partial charge in [0.25, 0.3) is 5.91 Å². The molecule has 1 aliphatic heterocycles. The Kier molecular flexibility index (Phi) is 7.48. The summed E-state index contributed by atoms with van der Waals surface area (Å²) in [6.07, 6.45) is 3.79. The highest BCUT2D eigenvalue weighted by atomic mass is 35.5. The zero-order chi connectivity index (χ0) is 20.2. The number of pyridine rings is 1. The predicted molar refractivity (Wildman–Crippen MR) is 119 cm³/mol. The van der Waals surface area contributed by atoms with Gasteiger partial charge < -0.3 is 9.64 Å². The number of aryl methyl sites for hydroxylation is 1. The van der Waals surface area contributed by atoms with Crippen LogP contribution in [0.3, 0.4) is 0 Å². The van der Waals surface area contributed by atoms with Gasteiger partial charge in [0.15, 0.2) is 5.69 Å². The van der Waals surface area contributed by atoms with Gasteiger partial charge in [-0.3, -0.25) is 14.5 Å². The lowest BCUT2D eigenvalue weighted by molar-refractivity contribution is 0.0499. The molecule has 1 atom stereocenters. The van der Waals surface area contributed by atoms with Crippen LogP contribution in [0, 0.1) is 0 Å². The SMILES string of the molecule is Cl.Cn1nc(C(=O)N(Cc2ccccn2)CC2CCCO2)cc1-c1ccc(Cl)cc1. The Morgan fingerprint density at radius 1 is 1.27 bits per heavy atom.